The molecule has 0 saturated carbocycles. The van der Waals surface area contributed by atoms with Crippen LogP contribution in [-0.2, 0) is 9.59 Å². The Morgan fingerprint density at radius 3 is 2.42 bits per heavy atom. The number of hydrogen-bond donors (Lipinski definition) is 1. The van der Waals surface area contributed by atoms with Crippen molar-refractivity contribution in [3.63, 3.8) is 0 Å². The summed E-state index contributed by atoms with van der Waals surface area (Å²) in [6, 6.07) is 19.4. The maximum atomic E-state index is 13.6. The summed E-state index contributed by atoms with van der Waals surface area (Å²) in [5.41, 5.74) is 5.37. The van der Waals surface area contributed by atoms with Crippen LogP contribution in [0.25, 0.3) is 0 Å². The van der Waals surface area contributed by atoms with Gasteiger partial charge in [-0.25, -0.2) is 9.40 Å². The Kier molecular flexibility index (Phi) is 7.28. The minimum atomic E-state index is -0.648. The predicted octanol–water partition coefficient (Wildman–Crippen LogP) is 5.63. The number of nitrogens with one attached hydrogen (secondary N) is 1. The number of aliphatic imine (C=N–C) groups is 1. The molecule has 3 aromatic carbocycles. The second-order valence-corrected chi connectivity index (χ2v) is 10.5. The third kappa shape index (κ3) is 5.62. The number of amides is 2. The maximum absolute atomic E-state index is 13.6. The lowest BCUT2D eigenvalue weighted by molar-refractivity contribution is -0.121. The number of ether oxygens (including phenoxy) is 1. The van der Waals surface area contributed by atoms with Gasteiger partial charge < -0.3 is 10.1 Å². The third-order valence-electron chi connectivity index (χ3n) is 6.39. The van der Waals surface area contributed by atoms with Crippen molar-refractivity contribution in [2.24, 2.45) is 10.1 Å². The lowest BCUT2D eigenvalue weighted by Crippen LogP contribution is -2.25. The van der Waals surface area contributed by atoms with E-state index >= 15 is 0 Å². The SMILES string of the molecule is COc1ccc(C2=NN(C3=NC(=O)[C@H](CC(=O)Nc4cc(C)cc(C)c4)S3)[C@H](c3ccc(F)cc3)C2)cc1. The van der Waals surface area contributed by atoms with E-state index in [1.807, 2.05) is 56.3 Å². The average Bonchev–Trinajstić information content (AvgIpc) is 3.48. The second-order valence-electron chi connectivity index (χ2n) is 9.36. The molecule has 2 heterocycles. The van der Waals surface area contributed by atoms with Crippen LogP contribution in [0.4, 0.5) is 10.1 Å². The van der Waals surface area contributed by atoms with Crippen LogP contribution in [0.1, 0.15) is 41.1 Å². The Balaban J connectivity index is 1.35. The molecule has 38 heavy (non-hydrogen) atoms. The van der Waals surface area contributed by atoms with Gasteiger partial charge in [0.05, 0.1) is 18.9 Å². The average molecular weight is 531 g/mol. The van der Waals surface area contributed by atoms with Crippen molar-refractivity contribution < 1.29 is 18.7 Å². The minimum Gasteiger partial charge on any atom is -0.497 e. The lowest BCUT2D eigenvalue weighted by atomic mass is 9.98. The Labute approximate surface area is 224 Å². The summed E-state index contributed by atoms with van der Waals surface area (Å²) in [6.07, 6.45) is 0.539. The summed E-state index contributed by atoms with van der Waals surface area (Å²) in [4.78, 5) is 29.9. The van der Waals surface area contributed by atoms with Gasteiger partial charge in [-0.3, -0.25) is 9.59 Å². The quantitative estimate of drug-likeness (QED) is 0.447. The molecule has 7 nitrogen and oxygen atoms in total. The molecule has 3 aromatic rings. The molecular formula is C29H27FN4O3S. The summed E-state index contributed by atoms with van der Waals surface area (Å²) in [7, 11) is 1.61. The van der Waals surface area contributed by atoms with E-state index in [4.69, 9.17) is 9.84 Å². The van der Waals surface area contributed by atoms with E-state index in [1.165, 1.54) is 23.9 Å². The van der Waals surface area contributed by atoms with Crippen LogP contribution in [0.3, 0.4) is 0 Å². The number of hydrazone groups is 1. The normalized spacial score (nSPS) is 18.8. The molecule has 2 amide bonds. The van der Waals surface area contributed by atoms with Crippen molar-refractivity contribution in [3.8, 4) is 5.75 Å². The first-order valence-electron chi connectivity index (χ1n) is 12.2. The minimum absolute atomic E-state index is 0.00635. The first kappa shape index (κ1) is 25.7. The fraction of sp³-hybridized carbons (Fsp3) is 0.241. The highest BCUT2D eigenvalue weighted by atomic mass is 32.2. The number of carbonyl (C=O) groups excluding carboxylic acids is 2. The first-order chi connectivity index (χ1) is 18.3. The highest BCUT2D eigenvalue weighted by Crippen LogP contribution is 2.39. The van der Waals surface area contributed by atoms with Crippen LogP contribution in [0, 0.1) is 19.7 Å². The van der Waals surface area contributed by atoms with E-state index in [0.29, 0.717) is 17.3 Å². The summed E-state index contributed by atoms with van der Waals surface area (Å²) in [6.45, 7) is 3.93. The van der Waals surface area contributed by atoms with E-state index in [-0.39, 0.29) is 30.1 Å². The smallest absolute Gasteiger partial charge is 0.262 e. The molecule has 1 N–H and O–H groups in total. The molecule has 194 valence electrons. The zero-order valence-corrected chi connectivity index (χ0v) is 22.1. The number of anilines is 1. The number of amidine groups is 1. The highest BCUT2D eigenvalue weighted by molar-refractivity contribution is 8.15. The molecule has 0 spiro atoms. The zero-order chi connectivity index (χ0) is 26.8. The van der Waals surface area contributed by atoms with E-state index in [2.05, 4.69) is 10.3 Å². The van der Waals surface area contributed by atoms with Gasteiger partial charge >= 0.3 is 0 Å². The van der Waals surface area contributed by atoms with Crippen molar-refractivity contribution in [1.29, 1.82) is 0 Å². The molecule has 0 fully saturated rings. The van der Waals surface area contributed by atoms with E-state index < -0.39 is 5.25 Å². The van der Waals surface area contributed by atoms with Crippen LogP contribution in [0.15, 0.2) is 76.8 Å². The molecule has 2 atom stereocenters. The standard InChI is InChI=1S/C29H27FN4O3S/c1-17-12-18(2)14-22(13-17)31-27(35)16-26-28(36)32-29(38-26)34-25(20-4-8-21(30)9-5-20)15-24(33-34)19-6-10-23(37-3)11-7-19/h4-14,25-26H,15-16H2,1-3H3,(H,31,35)/t25-,26-/m0/s1. The highest BCUT2D eigenvalue weighted by Gasteiger charge is 2.39. The molecule has 0 aliphatic carbocycles. The molecule has 9 heteroatoms. The van der Waals surface area contributed by atoms with E-state index in [9.17, 15) is 14.0 Å². The number of halogens is 1. The van der Waals surface area contributed by atoms with E-state index in [1.54, 1.807) is 24.3 Å². The third-order valence-corrected chi connectivity index (χ3v) is 7.53. The van der Waals surface area contributed by atoms with Crippen LogP contribution >= 0.6 is 11.8 Å². The predicted molar refractivity (Wildman–Crippen MR) is 148 cm³/mol. The molecule has 5 rings (SSSR count). The van der Waals surface area contributed by atoms with Gasteiger partial charge in [0.15, 0.2) is 5.17 Å². The van der Waals surface area contributed by atoms with Crippen molar-refractivity contribution in [3.05, 3.63) is 94.8 Å². The van der Waals surface area contributed by atoms with Crippen LogP contribution in [0.2, 0.25) is 0 Å². The molecule has 0 saturated heterocycles. The Hall–Kier alpha value is -3.98. The van der Waals surface area contributed by atoms with Crippen molar-refractivity contribution in [2.45, 2.75) is 38.0 Å². The molecule has 0 aromatic heterocycles. The largest absolute Gasteiger partial charge is 0.497 e. The molecule has 0 bridgehead atoms. The Morgan fingerprint density at radius 1 is 1.08 bits per heavy atom. The van der Waals surface area contributed by atoms with Gasteiger partial charge in [0, 0.05) is 18.5 Å². The monoisotopic (exact) mass is 530 g/mol. The van der Waals surface area contributed by atoms with Gasteiger partial charge in [0.25, 0.3) is 5.91 Å². The van der Waals surface area contributed by atoms with Crippen LogP contribution in [-0.4, -0.2) is 40.1 Å². The van der Waals surface area contributed by atoms with Gasteiger partial charge in [0.1, 0.15) is 16.8 Å². The first-order valence-corrected chi connectivity index (χ1v) is 13.1. The topological polar surface area (TPSA) is 83.4 Å². The van der Waals surface area contributed by atoms with E-state index in [0.717, 1.165) is 33.7 Å². The van der Waals surface area contributed by atoms with Crippen molar-refractivity contribution in [1.82, 2.24) is 5.01 Å². The number of hydrogen-bond acceptors (Lipinski definition) is 6. The Morgan fingerprint density at radius 2 is 1.76 bits per heavy atom. The summed E-state index contributed by atoms with van der Waals surface area (Å²) in [5, 5.41) is 9.21. The molecule has 0 unspecified atom stereocenters. The number of carbonyl (C=O) groups is 2. The fourth-order valence-electron chi connectivity index (χ4n) is 4.62. The summed E-state index contributed by atoms with van der Waals surface area (Å²) < 4.78 is 18.9. The number of aryl methyl sites for hydroxylation is 2. The lowest BCUT2D eigenvalue weighted by Gasteiger charge is -2.23. The second kappa shape index (κ2) is 10.8. The van der Waals surface area contributed by atoms with Gasteiger partial charge in [-0.1, -0.05) is 30.0 Å². The molecule has 2 aliphatic rings. The number of rotatable bonds is 6. The molecule has 0 radical (unpaired) electrons. The Bertz CT molecular complexity index is 1420. The maximum Gasteiger partial charge on any atom is 0.262 e. The van der Waals surface area contributed by atoms with Crippen LogP contribution < -0.4 is 10.1 Å². The van der Waals surface area contributed by atoms with Gasteiger partial charge in [-0.05, 0) is 84.6 Å². The van der Waals surface area contributed by atoms with Gasteiger partial charge in [-0.15, -0.1) is 0 Å². The van der Waals surface area contributed by atoms with Crippen LogP contribution in [0.5, 0.6) is 5.75 Å². The number of thioether (sulfide) groups is 1. The molecule has 2 aliphatic heterocycles. The fourth-order valence-corrected chi connectivity index (χ4v) is 5.68. The summed E-state index contributed by atoms with van der Waals surface area (Å²) >= 11 is 1.23. The summed E-state index contributed by atoms with van der Waals surface area (Å²) in [5.74, 6) is -0.211. The van der Waals surface area contributed by atoms with Crippen molar-refractivity contribution in [2.75, 3.05) is 12.4 Å². The zero-order valence-electron chi connectivity index (χ0n) is 21.3. The molecular weight excluding hydrogens is 503 g/mol. The number of nitrogens with zero attached hydrogens (tertiary/aromatic N) is 3. The van der Waals surface area contributed by atoms with Gasteiger partial charge in [-0.2, -0.15) is 10.1 Å². The van der Waals surface area contributed by atoms with Gasteiger partial charge in [0.2, 0.25) is 5.91 Å². The number of benzene rings is 3. The number of methoxy groups -OCH3 is 1. The van der Waals surface area contributed by atoms with Crippen molar-refractivity contribution >= 4 is 40.1 Å².